The summed E-state index contributed by atoms with van der Waals surface area (Å²) in [7, 11) is 3.05. The second-order valence-corrected chi connectivity index (χ2v) is 4.48. The average molecular weight is 233 g/mol. The van der Waals surface area contributed by atoms with E-state index in [0.717, 1.165) is 0 Å². The van der Waals surface area contributed by atoms with Gasteiger partial charge < -0.3 is 0 Å². The molecule has 0 aromatic rings. The first-order valence-electron chi connectivity index (χ1n) is 2.22. The fourth-order valence-electron chi connectivity index (χ4n) is 0.188. The van der Waals surface area contributed by atoms with Crippen molar-refractivity contribution < 1.29 is 29.8 Å². The Morgan fingerprint density at radius 2 is 1.88 bits per heavy atom. The molecular weight excluding hydrogens is 223 g/mol. The number of hydrogen-bond acceptors (Lipinski definition) is 2. The Morgan fingerprint density at radius 3 is 2.00 bits per heavy atom. The minimum atomic E-state index is -0.464. The summed E-state index contributed by atoms with van der Waals surface area (Å²) in [5.74, 6) is 0. The number of alkyl halides is 1. The summed E-state index contributed by atoms with van der Waals surface area (Å²) in [5, 5.41) is 20.6. The molecule has 0 aromatic heterocycles. The van der Waals surface area contributed by atoms with Crippen molar-refractivity contribution in [3.63, 3.8) is 0 Å². The van der Waals surface area contributed by atoms with Gasteiger partial charge in [0.05, 0.1) is 0 Å². The summed E-state index contributed by atoms with van der Waals surface area (Å²) >= 11 is -0.464. The predicted octanol–water partition coefficient (Wildman–Crippen LogP) is -6.03. The van der Waals surface area contributed by atoms with Crippen LogP contribution in [0, 0.1) is 10.4 Å². The van der Waals surface area contributed by atoms with Gasteiger partial charge in [-0.05, 0) is 0 Å². The second-order valence-electron chi connectivity index (χ2n) is 1.44. The van der Waals surface area contributed by atoms with Crippen molar-refractivity contribution in [2.45, 2.75) is 0 Å². The standard InChI is InChI=1S/C3H10IN2O2/c1-5(7)3-4-6(2)8/h5-6H,3H2,1-2H3/q-1. The van der Waals surface area contributed by atoms with Crippen LogP contribution >= 0.6 is 0 Å². The van der Waals surface area contributed by atoms with E-state index in [-0.39, 0.29) is 8.34 Å². The Kier molecular flexibility index (Phi) is 4.77. The Hall–Kier alpha value is 0.570. The first-order valence-corrected chi connectivity index (χ1v) is 4.82. The van der Waals surface area contributed by atoms with E-state index in [4.69, 9.17) is 0 Å². The van der Waals surface area contributed by atoms with Crippen LogP contribution in [0.15, 0.2) is 0 Å². The normalized spacial score (nSPS) is 18.5. The van der Waals surface area contributed by atoms with Crippen molar-refractivity contribution in [2.24, 2.45) is 0 Å². The van der Waals surface area contributed by atoms with Crippen molar-refractivity contribution in [1.82, 2.24) is 0 Å². The molecule has 0 saturated carbocycles. The molecule has 52 valence electrons. The third-order valence-corrected chi connectivity index (χ3v) is 2.97. The molecule has 2 atom stereocenters. The predicted molar refractivity (Wildman–Crippen MR) is 25.4 cm³/mol. The molecule has 0 saturated heterocycles. The Labute approximate surface area is 59.2 Å². The van der Waals surface area contributed by atoms with Crippen LogP contribution in [0.25, 0.3) is 0 Å². The zero-order valence-corrected chi connectivity index (χ0v) is 7.06. The van der Waals surface area contributed by atoms with Crippen LogP contribution in [0.4, 0.5) is 0 Å². The molecule has 0 radical (unpaired) electrons. The monoisotopic (exact) mass is 233 g/mol. The van der Waals surface area contributed by atoms with Gasteiger partial charge >= 0.3 is 58.9 Å². The number of rotatable bonds is 3. The number of hydrogen-bond donors (Lipinski definition) is 2. The molecule has 0 aliphatic heterocycles. The van der Waals surface area contributed by atoms with Crippen molar-refractivity contribution in [1.29, 1.82) is 0 Å². The number of halogens is 1. The fraction of sp³-hybridized carbons (Fsp3) is 1.00. The summed E-state index contributed by atoms with van der Waals surface area (Å²) in [4.78, 5) is 0. The van der Waals surface area contributed by atoms with E-state index >= 15 is 0 Å². The molecule has 0 spiro atoms. The van der Waals surface area contributed by atoms with Gasteiger partial charge in [0, 0.05) is 0 Å². The summed E-state index contributed by atoms with van der Waals surface area (Å²) in [5.41, 5.74) is 0. The van der Waals surface area contributed by atoms with E-state index in [1.807, 2.05) is 0 Å². The van der Waals surface area contributed by atoms with Crippen molar-refractivity contribution in [3.05, 3.63) is 10.4 Å². The summed E-state index contributed by atoms with van der Waals surface area (Å²) in [6.07, 6.45) is 0. The molecule has 0 aliphatic carbocycles. The van der Waals surface area contributed by atoms with E-state index in [1.165, 1.54) is 14.1 Å². The van der Waals surface area contributed by atoms with Crippen LogP contribution in [0.3, 0.4) is 0 Å². The maximum absolute atomic E-state index is 10.2. The Bertz CT molecular complexity index is 51.2. The molecule has 0 bridgehead atoms. The van der Waals surface area contributed by atoms with Gasteiger partial charge in [-0.25, -0.2) is 0 Å². The summed E-state index contributed by atoms with van der Waals surface area (Å²) in [6.45, 7) is 0. The van der Waals surface area contributed by atoms with E-state index in [9.17, 15) is 10.4 Å². The SMILES string of the molecule is C[NH+]([O-])C[I-][NH+](C)[O-]. The van der Waals surface area contributed by atoms with Crippen LogP contribution < -0.4 is 29.8 Å². The van der Waals surface area contributed by atoms with E-state index in [1.54, 1.807) is 0 Å². The summed E-state index contributed by atoms with van der Waals surface area (Å²) < 4.78 is 0.702. The van der Waals surface area contributed by atoms with E-state index < -0.39 is 21.5 Å². The number of hydroxylamine groups is 3. The molecule has 0 aromatic carbocycles. The molecule has 2 unspecified atom stereocenters. The van der Waals surface area contributed by atoms with Crippen LogP contribution in [0.5, 0.6) is 0 Å². The topological polar surface area (TPSA) is 55.0 Å². The van der Waals surface area contributed by atoms with Crippen LogP contribution in [0.1, 0.15) is 0 Å². The Morgan fingerprint density at radius 1 is 1.38 bits per heavy atom. The van der Waals surface area contributed by atoms with Gasteiger partial charge in [-0.1, -0.05) is 0 Å². The molecule has 0 aliphatic rings. The van der Waals surface area contributed by atoms with E-state index in [2.05, 4.69) is 0 Å². The van der Waals surface area contributed by atoms with Gasteiger partial charge in [-0.15, -0.1) is 0 Å². The third-order valence-electron chi connectivity index (χ3n) is 0.443. The molecule has 0 rings (SSSR count). The molecule has 5 heteroatoms. The molecule has 8 heavy (non-hydrogen) atoms. The van der Waals surface area contributed by atoms with Crippen molar-refractivity contribution >= 4 is 0 Å². The van der Waals surface area contributed by atoms with E-state index in [0.29, 0.717) is 4.55 Å². The van der Waals surface area contributed by atoms with Crippen molar-refractivity contribution in [3.8, 4) is 0 Å². The van der Waals surface area contributed by atoms with Gasteiger partial charge in [-0.2, -0.15) is 0 Å². The summed E-state index contributed by atoms with van der Waals surface area (Å²) in [6, 6.07) is 0. The van der Waals surface area contributed by atoms with Crippen LogP contribution in [-0.2, 0) is 0 Å². The fourth-order valence-corrected chi connectivity index (χ4v) is 1.26. The van der Waals surface area contributed by atoms with Gasteiger partial charge in [0.1, 0.15) is 0 Å². The van der Waals surface area contributed by atoms with Crippen LogP contribution in [-0.4, -0.2) is 18.6 Å². The zero-order chi connectivity index (χ0) is 6.57. The van der Waals surface area contributed by atoms with Gasteiger partial charge in [0.25, 0.3) is 0 Å². The average Bonchev–Trinajstić information content (AvgIpc) is 1.61. The maximum atomic E-state index is 10.2. The molecule has 2 N–H and O–H groups in total. The minimum absolute atomic E-state index is 0.132. The van der Waals surface area contributed by atoms with Gasteiger partial charge in [0.2, 0.25) is 0 Å². The Balaban J connectivity index is 2.93. The second kappa shape index (κ2) is 4.45. The van der Waals surface area contributed by atoms with Crippen molar-refractivity contribution in [2.75, 3.05) is 18.6 Å². The first kappa shape index (κ1) is 8.57. The molecule has 0 heterocycles. The zero-order valence-electron chi connectivity index (χ0n) is 4.90. The molecule has 4 nitrogen and oxygen atoms in total. The first-order chi connectivity index (χ1) is 3.63. The number of quaternary nitrogens is 2. The van der Waals surface area contributed by atoms with Gasteiger partial charge in [0.15, 0.2) is 0 Å². The third kappa shape index (κ3) is 6.57. The quantitative estimate of drug-likeness (QED) is 0.168. The van der Waals surface area contributed by atoms with Crippen LogP contribution in [0.2, 0.25) is 0 Å². The van der Waals surface area contributed by atoms with Gasteiger partial charge in [-0.3, -0.25) is 0 Å². The molecule has 0 amide bonds. The molecule has 0 fully saturated rings. The number of nitrogens with one attached hydrogen (secondary N) is 2. The molecular formula is C3H10IN2O2-.